The van der Waals surface area contributed by atoms with Crippen molar-refractivity contribution < 1.29 is 22.7 Å². The van der Waals surface area contributed by atoms with Crippen molar-refractivity contribution >= 4 is 21.4 Å². The van der Waals surface area contributed by atoms with Gasteiger partial charge in [0.25, 0.3) is 0 Å². The number of amides is 1. The fourth-order valence-electron chi connectivity index (χ4n) is 4.50. The highest BCUT2D eigenvalue weighted by Gasteiger charge is 2.38. The van der Waals surface area contributed by atoms with E-state index in [0.717, 1.165) is 16.8 Å². The van der Waals surface area contributed by atoms with Crippen LogP contribution in [-0.4, -0.2) is 41.2 Å². The number of nitrogens with zero attached hydrogens (tertiary/aromatic N) is 1. The van der Waals surface area contributed by atoms with E-state index in [4.69, 9.17) is 9.47 Å². The van der Waals surface area contributed by atoms with Crippen LogP contribution in [0.4, 0.5) is 5.69 Å². The lowest BCUT2D eigenvalue weighted by atomic mass is 9.84. The molecule has 0 saturated carbocycles. The molecule has 0 spiro atoms. The van der Waals surface area contributed by atoms with Crippen molar-refractivity contribution in [2.24, 2.45) is 0 Å². The zero-order valence-electron chi connectivity index (χ0n) is 17.6. The Morgan fingerprint density at radius 2 is 1.90 bits per heavy atom. The number of hydrogen-bond donors (Lipinski definition) is 0. The van der Waals surface area contributed by atoms with E-state index in [9.17, 15) is 13.2 Å². The van der Waals surface area contributed by atoms with Gasteiger partial charge >= 0.3 is 0 Å². The van der Waals surface area contributed by atoms with Crippen LogP contribution >= 0.6 is 0 Å². The van der Waals surface area contributed by atoms with Crippen LogP contribution in [-0.2, 0) is 36.1 Å². The molecule has 2 heterocycles. The van der Waals surface area contributed by atoms with Crippen LogP contribution in [0, 0.1) is 0 Å². The summed E-state index contributed by atoms with van der Waals surface area (Å²) in [6.07, 6.45) is 2.33. The second-order valence-corrected chi connectivity index (χ2v) is 10.1. The molecule has 2 aliphatic rings. The first-order valence-corrected chi connectivity index (χ1v) is 11.7. The molecule has 0 radical (unpaired) electrons. The number of methoxy groups -OCH3 is 1. The molecule has 30 heavy (non-hydrogen) atoms. The average molecular weight is 430 g/mol. The second-order valence-electron chi connectivity index (χ2n) is 8.11. The first-order valence-electron chi connectivity index (χ1n) is 10.2. The first-order chi connectivity index (χ1) is 14.3. The molecular weight excluding hydrogens is 402 g/mol. The van der Waals surface area contributed by atoms with Crippen molar-refractivity contribution in [1.82, 2.24) is 0 Å². The van der Waals surface area contributed by atoms with Gasteiger partial charge in [0, 0.05) is 39.1 Å². The van der Waals surface area contributed by atoms with Gasteiger partial charge < -0.3 is 14.4 Å². The molecule has 2 aromatic rings. The molecule has 4 rings (SSSR count). The molecule has 1 amide bonds. The number of carbonyl (C=O) groups excluding carboxylic acids is 1. The molecular formula is C23H27NO5S. The Kier molecular flexibility index (Phi) is 5.46. The molecule has 1 fully saturated rings. The van der Waals surface area contributed by atoms with Crippen LogP contribution in [0.5, 0.6) is 0 Å². The van der Waals surface area contributed by atoms with E-state index in [1.54, 1.807) is 55.5 Å². The highest BCUT2D eigenvalue weighted by Crippen LogP contribution is 2.39. The maximum Gasteiger partial charge on any atom is 0.227 e. The third-order valence-corrected chi connectivity index (χ3v) is 8.04. The van der Waals surface area contributed by atoms with Crippen molar-refractivity contribution in [2.45, 2.75) is 54.1 Å². The number of benzene rings is 2. The van der Waals surface area contributed by atoms with Crippen LogP contribution < -0.4 is 4.90 Å². The molecule has 6 nitrogen and oxygen atoms in total. The number of sulfone groups is 1. The maximum atomic E-state index is 13.4. The normalized spacial score (nSPS) is 24.6. The van der Waals surface area contributed by atoms with Gasteiger partial charge in [0.1, 0.15) is 0 Å². The Morgan fingerprint density at radius 1 is 1.13 bits per heavy atom. The summed E-state index contributed by atoms with van der Waals surface area (Å²) in [4.78, 5) is 14.0. The Balaban J connectivity index is 1.72. The van der Waals surface area contributed by atoms with Crippen LogP contribution in [0.3, 0.4) is 0 Å². The molecule has 160 valence electrons. The summed E-state index contributed by atoms with van der Waals surface area (Å²) in [6, 6.07) is 12.1. The Bertz CT molecular complexity index is 1080. The topological polar surface area (TPSA) is 72.9 Å². The first kappa shape index (κ1) is 21.0. The molecule has 2 atom stereocenters. The largest absolute Gasteiger partial charge is 0.378 e. The Morgan fingerprint density at radius 3 is 2.63 bits per heavy atom. The van der Waals surface area contributed by atoms with E-state index in [1.807, 2.05) is 13.0 Å². The predicted molar refractivity (Wildman–Crippen MR) is 113 cm³/mol. The lowest BCUT2D eigenvalue weighted by Gasteiger charge is -2.39. The SMILES string of the molecule is CO[C@]1(c2cccc(S(=O)(=O)c3ccc4c(c3)CCC(=O)N4C)c2)CCO[C@@H](C)C1. The van der Waals surface area contributed by atoms with E-state index < -0.39 is 15.4 Å². The van der Waals surface area contributed by atoms with Crippen LogP contribution in [0.2, 0.25) is 0 Å². The number of ether oxygens (including phenoxy) is 2. The van der Waals surface area contributed by atoms with Crippen LogP contribution in [0.15, 0.2) is 52.3 Å². The zero-order chi connectivity index (χ0) is 21.5. The van der Waals surface area contributed by atoms with Gasteiger partial charge in [-0.3, -0.25) is 4.79 Å². The third kappa shape index (κ3) is 3.55. The minimum absolute atomic E-state index is 0.0410. The number of carbonyl (C=O) groups is 1. The molecule has 1 saturated heterocycles. The van der Waals surface area contributed by atoms with Gasteiger partial charge in [-0.25, -0.2) is 8.42 Å². The van der Waals surface area contributed by atoms with E-state index >= 15 is 0 Å². The van der Waals surface area contributed by atoms with Gasteiger partial charge in [-0.1, -0.05) is 12.1 Å². The number of fused-ring (bicyclic) bond motifs is 1. The minimum Gasteiger partial charge on any atom is -0.378 e. The fourth-order valence-corrected chi connectivity index (χ4v) is 5.86. The molecule has 0 unspecified atom stereocenters. The van der Waals surface area contributed by atoms with Gasteiger partial charge in [-0.15, -0.1) is 0 Å². The number of anilines is 1. The Hall–Kier alpha value is -2.22. The molecule has 0 bridgehead atoms. The monoisotopic (exact) mass is 429 g/mol. The summed E-state index contributed by atoms with van der Waals surface area (Å²) in [7, 11) is -0.317. The molecule has 0 aromatic heterocycles. The van der Waals surface area contributed by atoms with Crippen molar-refractivity contribution in [3.63, 3.8) is 0 Å². The van der Waals surface area contributed by atoms with Gasteiger partial charge in [0.05, 0.1) is 28.1 Å². The number of rotatable bonds is 4. The van der Waals surface area contributed by atoms with Gasteiger partial charge in [-0.05, 0) is 54.8 Å². The predicted octanol–water partition coefficient (Wildman–Crippen LogP) is 3.47. The fraction of sp³-hybridized carbons (Fsp3) is 0.435. The van der Waals surface area contributed by atoms with Crippen LogP contribution in [0.25, 0.3) is 0 Å². The minimum atomic E-state index is -3.70. The van der Waals surface area contributed by atoms with Gasteiger partial charge in [-0.2, -0.15) is 0 Å². The highest BCUT2D eigenvalue weighted by atomic mass is 32.2. The smallest absolute Gasteiger partial charge is 0.227 e. The lowest BCUT2D eigenvalue weighted by Crippen LogP contribution is -2.39. The number of hydrogen-bond acceptors (Lipinski definition) is 5. The summed E-state index contributed by atoms with van der Waals surface area (Å²) in [5, 5.41) is 0. The summed E-state index contributed by atoms with van der Waals surface area (Å²) in [5.74, 6) is 0.0429. The molecule has 7 heteroatoms. The van der Waals surface area contributed by atoms with Crippen molar-refractivity contribution in [2.75, 3.05) is 25.7 Å². The average Bonchev–Trinajstić information content (AvgIpc) is 2.76. The van der Waals surface area contributed by atoms with E-state index in [2.05, 4.69) is 0 Å². The van der Waals surface area contributed by atoms with Crippen LogP contribution in [0.1, 0.15) is 37.3 Å². The number of aryl methyl sites for hydroxylation is 1. The third-order valence-electron chi connectivity index (χ3n) is 6.29. The van der Waals surface area contributed by atoms with Gasteiger partial charge in [0.2, 0.25) is 15.7 Å². The van der Waals surface area contributed by atoms with E-state index in [-0.39, 0.29) is 21.8 Å². The molecule has 2 aromatic carbocycles. The van der Waals surface area contributed by atoms with E-state index in [1.165, 1.54) is 0 Å². The van der Waals surface area contributed by atoms with Gasteiger partial charge in [0.15, 0.2) is 0 Å². The summed E-state index contributed by atoms with van der Waals surface area (Å²) < 4.78 is 38.4. The Labute approximate surface area is 177 Å². The van der Waals surface area contributed by atoms with Crippen molar-refractivity contribution in [3.8, 4) is 0 Å². The second kappa shape index (κ2) is 7.80. The van der Waals surface area contributed by atoms with Crippen molar-refractivity contribution in [3.05, 3.63) is 53.6 Å². The summed E-state index contributed by atoms with van der Waals surface area (Å²) in [6.45, 7) is 2.57. The summed E-state index contributed by atoms with van der Waals surface area (Å²) >= 11 is 0. The molecule has 2 aliphatic heterocycles. The zero-order valence-corrected chi connectivity index (χ0v) is 18.4. The summed E-state index contributed by atoms with van der Waals surface area (Å²) in [5.41, 5.74) is 1.95. The quantitative estimate of drug-likeness (QED) is 0.744. The molecule has 0 N–H and O–H groups in total. The maximum absolute atomic E-state index is 13.4. The standard InChI is InChI=1S/C23H27NO5S/c1-16-15-23(28-3,11-12-29-16)18-5-4-6-19(14-18)30(26,27)20-8-9-21-17(13-20)7-10-22(25)24(21)2/h4-6,8-9,13-14,16H,7,10-12,15H2,1-3H3/t16-,23+/m0/s1. The molecule has 0 aliphatic carbocycles. The van der Waals surface area contributed by atoms with E-state index in [0.29, 0.717) is 32.3 Å². The van der Waals surface area contributed by atoms with Crippen molar-refractivity contribution in [1.29, 1.82) is 0 Å². The lowest BCUT2D eigenvalue weighted by molar-refractivity contribution is -0.122. The highest BCUT2D eigenvalue weighted by molar-refractivity contribution is 7.91.